The van der Waals surface area contributed by atoms with E-state index < -0.39 is 18.1 Å². The van der Waals surface area contributed by atoms with Crippen LogP contribution >= 0.6 is 0 Å². The second-order valence-corrected chi connectivity index (χ2v) is 11.7. The molecule has 0 unspecified atom stereocenters. The quantitative estimate of drug-likeness (QED) is 0.0589. The third-order valence-corrected chi connectivity index (χ3v) is 8.48. The van der Waals surface area contributed by atoms with Gasteiger partial charge in [0, 0.05) is 18.6 Å². The number of benzene rings is 2. The molecule has 1 saturated carbocycles. The van der Waals surface area contributed by atoms with Crippen LogP contribution in [0.15, 0.2) is 73.8 Å². The molecule has 0 aromatic heterocycles. The first-order valence-corrected chi connectivity index (χ1v) is 14.7. The average Bonchev–Trinajstić information content (AvgIpc) is 2.99. The van der Waals surface area contributed by atoms with Crippen LogP contribution < -0.4 is 9.47 Å². The first-order chi connectivity index (χ1) is 20.5. The zero-order chi connectivity index (χ0) is 31.5. The van der Waals surface area contributed by atoms with Crippen LogP contribution in [0.2, 0.25) is 0 Å². The van der Waals surface area contributed by atoms with E-state index in [4.69, 9.17) is 14.2 Å². The summed E-state index contributed by atoms with van der Waals surface area (Å²) in [4.78, 5) is 46.1. The Kier molecular flexibility index (Phi) is 11.9. The summed E-state index contributed by atoms with van der Waals surface area (Å²) in [6.07, 6.45) is 7.57. The van der Waals surface area contributed by atoms with E-state index in [2.05, 4.69) is 50.8 Å². The van der Waals surface area contributed by atoms with Gasteiger partial charge in [-0.1, -0.05) is 58.2 Å². The maximum atomic E-state index is 12.2. The molecule has 8 heteroatoms. The summed E-state index contributed by atoms with van der Waals surface area (Å²) in [5.74, 6) is -0.258. The fourth-order valence-corrected chi connectivity index (χ4v) is 5.58. The zero-order valence-corrected chi connectivity index (χ0v) is 25.4. The lowest BCUT2D eigenvalue weighted by Crippen LogP contribution is -2.37. The number of carbonyl (C=O) groups is 4. The number of unbranched alkanes of at least 4 members (excludes halogenated alkanes) is 2. The number of ether oxygens (including phenoxy) is 4. The van der Waals surface area contributed by atoms with Gasteiger partial charge in [-0.15, -0.1) is 0 Å². The van der Waals surface area contributed by atoms with E-state index in [0.29, 0.717) is 43.3 Å². The summed E-state index contributed by atoms with van der Waals surface area (Å²) in [5, 5.41) is 0. The molecular formula is C35H42O8. The van der Waals surface area contributed by atoms with E-state index in [9.17, 15) is 19.2 Å². The van der Waals surface area contributed by atoms with Crippen molar-refractivity contribution in [2.24, 2.45) is 5.92 Å². The highest BCUT2D eigenvalue weighted by Gasteiger charge is 2.39. The van der Waals surface area contributed by atoms with Gasteiger partial charge in [0.15, 0.2) is 0 Å². The van der Waals surface area contributed by atoms with Gasteiger partial charge in [-0.2, -0.15) is 0 Å². The van der Waals surface area contributed by atoms with Gasteiger partial charge in [0.1, 0.15) is 11.5 Å². The molecule has 0 N–H and O–H groups in total. The Labute approximate surface area is 254 Å². The van der Waals surface area contributed by atoms with Crippen LogP contribution in [0.3, 0.4) is 0 Å². The number of rotatable bonds is 13. The monoisotopic (exact) mass is 590 g/mol. The summed E-state index contributed by atoms with van der Waals surface area (Å²) in [6, 6.07) is 15.2. The summed E-state index contributed by atoms with van der Waals surface area (Å²) in [5.41, 5.74) is 2.32. The van der Waals surface area contributed by atoms with Gasteiger partial charge in [-0.05, 0) is 97.1 Å². The molecular weight excluding hydrogens is 548 g/mol. The van der Waals surface area contributed by atoms with Crippen LogP contribution in [0.4, 0.5) is 4.79 Å². The lowest BCUT2D eigenvalue weighted by atomic mass is 9.60. The van der Waals surface area contributed by atoms with Crippen molar-refractivity contribution in [1.82, 2.24) is 0 Å². The Hall–Kier alpha value is -4.20. The Morgan fingerprint density at radius 2 is 1.42 bits per heavy atom. The third kappa shape index (κ3) is 9.66. The standard InChI is InChI=1S/C35H42O8/c1-6-30(36)40-24-10-8-9-11-32(38)41-28-18-14-27(15-19-28)35(5)22-20-26(21-23-35)34(3,4)25-12-16-29(17-13-25)42-33(39)43-31(37)7-2/h6-7,12-19,26H,1-2,8-11,20-24H2,3-5H3. The highest BCUT2D eigenvalue weighted by Crippen LogP contribution is 2.48. The van der Waals surface area contributed by atoms with E-state index in [1.165, 1.54) is 5.56 Å². The Morgan fingerprint density at radius 1 is 0.837 bits per heavy atom. The van der Waals surface area contributed by atoms with Crippen LogP contribution in [-0.2, 0) is 34.7 Å². The van der Waals surface area contributed by atoms with E-state index in [-0.39, 0.29) is 16.8 Å². The Bertz CT molecular complexity index is 1280. The first kappa shape index (κ1) is 33.3. The number of hydrogen-bond acceptors (Lipinski definition) is 8. The smallest absolute Gasteiger partial charge is 0.463 e. The molecule has 0 radical (unpaired) electrons. The highest BCUT2D eigenvalue weighted by molar-refractivity contribution is 5.89. The average molecular weight is 591 g/mol. The van der Waals surface area contributed by atoms with Gasteiger partial charge in [-0.25, -0.2) is 14.4 Å². The van der Waals surface area contributed by atoms with Gasteiger partial charge in [0.2, 0.25) is 0 Å². The topological polar surface area (TPSA) is 105 Å². The van der Waals surface area contributed by atoms with Crippen molar-refractivity contribution >= 4 is 24.1 Å². The van der Waals surface area contributed by atoms with Crippen LogP contribution in [0.25, 0.3) is 0 Å². The van der Waals surface area contributed by atoms with Crippen LogP contribution in [0, 0.1) is 5.92 Å². The molecule has 230 valence electrons. The van der Waals surface area contributed by atoms with Gasteiger partial charge in [-0.3, -0.25) is 4.79 Å². The Morgan fingerprint density at radius 3 is 2.02 bits per heavy atom. The second kappa shape index (κ2) is 15.3. The summed E-state index contributed by atoms with van der Waals surface area (Å²) >= 11 is 0. The molecule has 0 aliphatic heterocycles. The predicted molar refractivity (Wildman–Crippen MR) is 163 cm³/mol. The lowest BCUT2D eigenvalue weighted by Gasteiger charge is -2.44. The van der Waals surface area contributed by atoms with E-state index in [0.717, 1.165) is 49.8 Å². The van der Waals surface area contributed by atoms with Crippen molar-refractivity contribution in [3.63, 3.8) is 0 Å². The zero-order valence-electron chi connectivity index (χ0n) is 25.4. The molecule has 3 rings (SSSR count). The Balaban J connectivity index is 1.47. The van der Waals surface area contributed by atoms with Gasteiger partial charge >= 0.3 is 24.1 Å². The van der Waals surface area contributed by atoms with Gasteiger partial charge < -0.3 is 18.9 Å². The highest BCUT2D eigenvalue weighted by atomic mass is 16.7. The number of hydrogen-bond donors (Lipinski definition) is 0. The van der Waals surface area contributed by atoms with Crippen molar-refractivity contribution in [3.8, 4) is 11.5 Å². The second-order valence-electron chi connectivity index (χ2n) is 11.7. The third-order valence-electron chi connectivity index (χ3n) is 8.48. The minimum absolute atomic E-state index is 0.0328. The SMILES string of the molecule is C=CC(=O)OCCCCCC(=O)Oc1ccc(C2(C)CCC(C(C)(C)c3ccc(OC(=O)OC(=O)C=C)cc3)CC2)cc1. The van der Waals surface area contributed by atoms with Crippen molar-refractivity contribution in [2.45, 2.75) is 83.0 Å². The van der Waals surface area contributed by atoms with Crippen molar-refractivity contribution < 1.29 is 38.1 Å². The molecule has 43 heavy (non-hydrogen) atoms. The van der Waals surface area contributed by atoms with Crippen LogP contribution in [0.5, 0.6) is 11.5 Å². The van der Waals surface area contributed by atoms with Crippen LogP contribution in [-0.4, -0.2) is 30.7 Å². The molecule has 8 nitrogen and oxygen atoms in total. The molecule has 1 aliphatic rings. The molecule has 0 spiro atoms. The fourth-order valence-electron chi connectivity index (χ4n) is 5.58. The summed E-state index contributed by atoms with van der Waals surface area (Å²) < 4.78 is 20.0. The first-order valence-electron chi connectivity index (χ1n) is 14.7. The van der Waals surface area contributed by atoms with Crippen molar-refractivity contribution in [1.29, 1.82) is 0 Å². The molecule has 0 amide bonds. The molecule has 0 saturated heterocycles. The molecule has 1 aliphatic carbocycles. The number of carbonyl (C=O) groups excluding carboxylic acids is 4. The van der Waals surface area contributed by atoms with Crippen molar-refractivity contribution in [2.75, 3.05) is 6.61 Å². The molecule has 2 aromatic carbocycles. The van der Waals surface area contributed by atoms with E-state index in [1.807, 2.05) is 24.3 Å². The fraction of sp³-hybridized carbons (Fsp3) is 0.429. The van der Waals surface area contributed by atoms with Gasteiger partial charge in [0.25, 0.3) is 0 Å². The minimum Gasteiger partial charge on any atom is -0.463 e. The maximum Gasteiger partial charge on any atom is 0.521 e. The van der Waals surface area contributed by atoms with Crippen molar-refractivity contribution in [3.05, 3.63) is 85.0 Å². The number of esters is 3. The summed E-state index contributed by atoms with van der Waals surface area (Å²) in [7, 11) is 0. The molecule has 1 fully saturated rings. The normalized spacial score (nSPS) is 18.2. The lowest BCUT2D eigenvalue weighted by molar-refractivity contribution is -0.138. The predicted octanol–water partition coefficient (Wildman–Crippen LogP) is 7.54. The summed E-state index contributed by atoms with van der Waals surface area (Å²) in [6.45, 7) is 13.7. The van der Waals surface area contributed by atoms with Gasteiger partial charge in [0.05, 0.1) is 6.61 Å². The largest absolute Gasteiger partial charge is 0.521 e. The van der Waals surface area contributed by atoms with Crippen LogP contribution in [0.1, 0.15) is 83.3 Å². The molecule has 0 bridgehead atoms. The molecule has 0 heterocycles. The minimum atomic E-state index is -1.09. The maximum absolute atomic E-state index is 12.2. The van der Waals surface area contributed by atoms with E-state index >= 15 is 0 Å². The molecule has 0 atom stereocenters. The molecule has 2 aromatic rings. The van der Waals surface area contributed by atoms with E-state index in [1.54, 1.807) is 12.1 Å².